The second-order valence-electron chi connectivity index (χ2n) is 42.3. The van der Waals surface area contributed by atoms with Crippen LogP contribution in [0.4, 0.5) is 0 Å². The highest BCUT2D eigenvalue weighted by Crippen LogP contribution is 2.53. The Kier molecular flexibility index (Phi) is 19.6. The van der Waals surface area contributed by atoms with Gasteiger partial charge in [-0.15, -0.1) is 0 Å². The average molecular weight is 1960 g/mol. The molecular weight excluding hydrogens is 1860 g/mol. The van der Waals surface area contributed by atoms with Crippen molar-refractivity contribution in [1.29, 1.82) is 0 Å². The molecule has 0 spiro atoms. The molecule has 0 fully saturated rings. The summed E-state index contributed by atoms with van der Waals surface area (Å²) in [6.45, 7) is 19.2. The highest BCUT2D eigenvalue weighted by molar-refractivity contribution is 7.04. The molecule has 0 N–H and O–H groups in total. The van der Waals surface area contributed by atoms with Crippen LogP contribution in [-0.4, -0.2) is 72.4 Å². The second kappa shape index (κ2) is 33.3. The van der Waals surface area contributed by atoms with Crippen molar-refractivity contribution < 1.29 is 4.42 Å². The summed E-state index contributed by atoms with van der Waals surface area (Å²) in [5.41, 5.74) is 38.2. The molecule has 27 aromatic rings. The van der Waals surface area contributed by atoms with Gasteiger partial charge >= 0.3 is 0 Å². The lowest BCUT2D eigenvalue weighted by Crippen LogP contribution is -2.50. The van der Waals surface area contributed by atoms with E-state index in [4.69, 9.17) is 34.3 Å². The van der Waals surface area contributed by atoms with Gasteiger partial charge in [-0.2, -0.15) is 0 Å². The molecule has 0 radical (unpaired) electrons. The van der Waals surface area contributed by atoms with Crippen LogP contribution in [0.2, 0.25) is 39.3 Å². The molecule has 8 aromatic heterocycles. The van der Waals surface area contributed by atoms with Crippen molar-refractivity contribution in [1.82, 2.24) is 48.2 Å². The second-order valence-corrected chi connectivity index (χ2v) is 55.1. The van der Waals surface area contributed by atoms with E-state index < -0.39 is 24.2 Å². The van der Waals surface area contributed by atoms with Gasteiger partial charge in [-0.3, -0.25) is 0 Å². The van der Waals surface area contributed by atoms with E-state index in [0.717, 1.165) is 124 Å². The summed E-state index contributed by atoms with van der Waals surface area (Å²) in [6.07, 6.45) is 0. The Labute approximate surface area is 864 Å². The smallest absolute Gasteiger partial charge is 0.159 e. The van der Waals surface area contributed by atoms with Gasteiger partial charge in [-0.05, 0) is 194 Å². The monoisotopic (exact) mass is 1960 g/mol. The van der Waals surface area contributed by atoms with Gasteiger partial charge in [-0.25, -0.2) is 29.9 Å². The van der Waals surface area contributed by atoms with Crippen LogP contribution in [0.3, 0.4) is 0 Å². The SMILES string of the molecule is CC1(C)c2ccccc2-c2cc3c(cc21)c1ccccc1n3-c1ccc(-c2nc(-c3ccccc3)c3c(n2)[Si](C)(C)c2ccccc2-3)cc1.C[Si]1(C)c2ccccc2-c2c(-c3ccccc3)nc(-c3ccc(-n4c5ccccc5c5cc6c(cc54)c4ccccc4n6-c4ccccc4)cc3)nc21.C[Si]1(C)c2ccccc2-c2c(-c3ccccc3)nc(-c3cccc(-n4c5ccccc5c5cc6oc7ccccc7c6cc54)c3)nc21. The lowest BCUT2D eigenvalue weighted by Gasteiger charge is -2.21. The number of furan rings is 1. The predicted octanol–water partition coefficient (Wildman–Crippen LogP) is 30.4. The van der Waals surface area contributed by atoms with Crippen LogP contribution in [0.1, 0.15) is 25.0 Å². The maximum absolute atomic E-state index is 6.30. The van der Waals surface area contributed by atoms with Gasteiger partial charge in [0.1, 0.15) is 35.4 Å². The number of rotatable bonds is 10. The molecule has 0 atom stereocenters. The van der Waals surface area contributed by atoms with E-state index in [1.54, 1.807) is 0 Å². The van der Waals surface area contributed by atoms with Gasteiger partial charge < -0.3 is 22.7 Å². The number of benzene rings is 19. The molecule has 3 aliphatic heterocycles. The van der Waals surface area contributed by atoms with Crippen molar-refractivity contribution >= 4 is 165 Å². The Balaban J connectivity index is 0.000000105. The standard InChI is InChI=1S/C48H34N4Si.C45H35N3Si.C42H29N3OSi/c1-53(2)44-24-14-11-21-37(44)45-46(31-15-5-3-6-16-31)49-47(50-48(45)53)32-25-27-34(28-26-32)52-41-23-13-10-20-36(41)39-29-42-38(30-43(39)52)35-19-9-12-22-40(35)51(42)33-17-7-4-8-18-33;1-45(2)36-19-11-8-16-31(36)34-27-39-35(26-37(34)45)32-17-9-12-20-38(32)48(39)30-24-22-29(23-25-30)43-46-42(28-14-6-5-7-15-28)41-33-18-10-13-21-40(33)49(3,4)44(41)47-43;1-47(2)38-22-11-8-19-31(38)39-40(26-13-4-3-5-14-26)43-41(44-42(39)47)27-15-12-16-28(23-27)45-34-20-9-6-17-29(34)32-25-37-33(24-35(32)45)30-18-7-10-21-36(30)46-37/h3-30H,1-2H3;5-27H,1-4H3;3-25H,1-2H3. The lowest BCUT2D eigenvalue weighted by molar-refractivity contribution is 0.661. The third-order valence-electron chi connectivity index (χ3n) is 32.4. The van der Waals surface area contributed by atoms with Crippen molar-refractivity contribution in [3.63, 3.8) is 0 Å². The zero-order valence-corrected chi connectivity index (χ0v) is 86.6. The van der Waals surface area contributed by atoms with Crippen LogP contribution in [-0.2, 0) is 5.41 Å². The highest BCUT2D eigenvalue weighted by Gasteiger charge is 2.46. The highest BCUT2D eigenvalue weighted by atomic mass is 28.3. The third kappa shape index (κ3) is 13.4. The van der Waals surface area contributed by atoms with E-state index in [9.17, 15) is 0 Å². The molecular formula is C135H98N10OSi3. The molecule has 11 heterocycles. The molecule has 1 aliphatic carbocycles. The van der Waals surface area contributed by atoms with Gasteiger partial charge in [0.2, 0.25) is 0 Å². The third-order valence-corrected chi connectivity index (χ3v) is 42.4. The molecule has 149 heavy (non-hydrogen) atoms. The van der Waals surface area contributed by atoms with Gasteiger partial charge in [0.05, 0.1) is 61.2 Å². The molecule has 0 amide bonds. The van der Waals surface area contributed by atoms with Crippen LogP contribution in [0.25, 0.3) is 244 Å². The summed E-state index contributed by atoms with van der Waals surface area (Å²) in [6, 6.07) is 162. The Bertz CT molecular complexity index is 10300. The van der Waals surface area contributed by atoms with Crippen LogP contribution in [0, 0.1) is 0 Å². The molecule has 706 valence electrons. The molecule has 4 aliphatic rings. The fraction of sp³-hybridized carbons (Fsp3) is 0.0667. The summed E-state index contributed by atoms with van der Waals surface area (Å²) in [5, 5.41) is 20.1. The van der Waals surface area contributed by atoms with Crippen LogP contribution < -0.4 is 31.5 Å². The fourth-order valence-electron chi connectivity index (χ4n) is 25.2. The Hall–Kier alpha value is -17.9. The van der Waals surface area contributed by atoms with E-state index in [1.807, 2.05) is 12.1 Å². The largest absolute Gasteiger partial charge is 0.456 e. The maximum Gasteiger partial charge on any atom is 0.159 e. The average Bonchev–Trinajstić information content (AvgIpc) is 1.57. The number of aromatic nitrogens is 10. The first-order valence-corrected chi connectivity index (χ1v) is 60.5. The van der Waals surface area contributed by atoms with Gasteiger partial charge in [0, 0.05) is 148 Å². The molecule has 0 saturated carbocycles. The first-order valence-electron chi connectivity index (χ1n) is 51.5. The molecule has 0 saturated heterocycles. The van der Waals surface area contributed by atoms with E-state index in [1.165, 1.54) is 163 Å². The Morgan fingerprint density at radius 1 is 0.201 bits per heavy atom. The molecule has 0 bridgehead atoms. The van der Waals surface area contributed by atoms with Crippen molar-refractivity contribution in [3.05, 3.63) is 460 Å². The quantitative estimate of drug-likeness (QED) is 0.125. The molecule has 0 unspecified atom stereocenters. The fourth-order valence-corrected chi connectivity index (χ4v) is 33.9. The normalized spacial score (nSPS) is 13.9. The minimum Gasteiger partial charge on any atom is -0.456 e. The molecule has 11 nitrogen and oxygen atoms in total. The van der Waals surface area contributed by atoms with Crippen LogP contribution >= 0.6 is 0 Å². The van der Waals surface area contributed by atoms with Crippen molar-refractivity contribution in [2.24, 2.45) is 0 Å². The Morgan fingerprint density at radius 2 is 0.517 bits per heavy atom. The lowest BCUT2D eigenvalue weighted by atomic mass is 9.82. The zero-order valence-electron chi connectivity index (χ0n) is 83.6. The topological polar surface area (TPSA) is 110 Å². The first kappa shape index (κ1) is 87.6. The maximum atomic E-state index is 6.30. The molecule has 31 rings (SSSR count). The summed E-state index contributed by atoms with van der Waals surface area (Å²) in [5.74, 6) is 2.33. The zero-order chi connectivity index (χ0) is 99.6. The predicted molar refractivity (Wildman–Crippen MR) is 627 cm³/mol. The van der Waals surface area contributed by atoms with Gasteiger partial charge in [0.15, 0.2) is 17.5 Å². The van der Waals surface area contributed by atoms with Crippen molar-refractivity contribution in [2.75, 3.05) is 0 Å². The summed E-state index contributed by atoms with van der Waals surface area (Å²) >= 11 is 0. The van der Waals surface area contributed by atoms with Crippen molar-refractivity contribution in [2.45, 2.75) is 58.5 Å². The van der Waals surface area contributed by atoms with Crippen LogP contribution in [0.5, 0.6) is 0 Å². The van der Waals surface area contributed by atoms with Crippen molar-refractivity contribution in [3.8, 4) is 135 Å². The number of hydrogen-bond donors (Lipinski definition) is 0. The minimum atomic E-state index is -2.06. The minimum absolute atomic E-state index is 0.0434. The number of fused-ring (bicyclic) bond motifs is 27. The summed E-state index contributed by atoms with van der Waals surface area (Å²) in [4.78, 5) is 32.2. The first-order chi connectivity index (χ1) is 72.9. The van der Waals surface area contributed by atoms with E-state index in [0.29, 0.717) is 0 Å². The summed E-state index contributed by atoms with van der Waals surface area (Å²) < 4.78 is 15.9. The number of para-hydroxylation sites is 6. The van der Waals surface area contributed by atoms with E-state index >= 15 is 0 Å². The van der Waals surface area contributed by atoms with Gasteiger partial charge in [-0.1, -0.05) is 363 Å². The number of hydrogen-bond acceptors (Lipinski definition) is 7. The molecule has 14 heteroatoms. The van der Waals surface area contributed by atoms with E-state index in [-0.39, 0.29) is 5.41 Å². The molecule has 19 aromatic carbocycles. The van der Waals surface area contributed by atoms with E-state index in [2.05, 4.69) is 508 Å². The Morgan fingerprint density at radius 3 is 0.953 bits per heavy atom. The van der Waals surface area contributed by atoms with Crippen LogP contribution in [0.15, 0.2) is 453 Å². The van der Waals surface area contributed by atoms with Gasteiger partial charge in [0.25, 0.3) is 0 Å². The summed E-state index contributed by atoms with van der Waals surface area (Å²) in [7, 11) is -6.13. The number of nitrogens with zero attached hydrogens (tertiary/aromatic N) is 10.